The highest BCUT2D eigenvalue weighted by molar-refractivity contribution is 7.27. The Hall–Kier alpha value is -5.42. The summed E-state index contributed by atoms with van der Waals surface area (Å²) >= 11 is 3.74. The number of para-hydroxylation sites is 1. The van der Waals surface area contributed by atoms with Crippen molar-refractivity contribution < 1.29 is 4.42 Å². The van der Waals surface area contributed by atoms with Crippen LogP contribution in [0.5, 0.6) is 0 Å². The molecular formula is C42H25NOS2. The first-order valence-corrected chi connectivity index (χ1v) is 17.1. The molecule has 3 heterocycles. The van der Waals surface area contributed by atoms with Crippen LogP contribution in [0.2, 0.25) is 0 Å². The van der Waals surface area contributed by atoms with Gasteiger partial charge < -0.3 is 9.32 Å². The van der Waals surface area contributed by atoms with Gasteiger partial charge in [-0.25, -0.2) is 0 Å². The molecule has 0 radical (unpaired) electrons. The number of anilines is 3. The molecule has 0 atom stereocenters. The van der Waals surface area contributed by atoms with Crippen LogP contribution < -0.4 is 4.90 Å². The molecule has 10 rings (SSSR count). The van der Waals surface area contributed by atoms with Crippen molar-refractivity contribution in [1.29, 1.82) is 0 Å². The van der Waals surface area contributed by atoms with Gasteiger partial charge in [-0.15, -0.1) is 22.7 Å². The van der Waals surface area contributed by atoms with Crippen LogP contribution in [0, 0.1) is 0 Å². The second-order valence-corrected chi connectivity index (χ2v) is 13.7. The van der Waals surface area contributed by atoms with Crippen molar-refractivity contribution in [3.8, 4) is 11.1 Å². The fraction of sp³-hybridized carbons (Fsp3) is 0. The Morgan fingerprint density at radius 1 is 0.391 bits per heavy atom. The number of benzene rings is 7. The summed E-state index contributed by atoms with van der Waals surface area (Å²) in [7, 11) is 0. The normalized spacial score (nSPS) is 11.9. The lowest BCUT2D eigenvalue weighted by Gasteiger charge is -2.27. The second-order valence-electron chi connectivity index (χ2n) is 11.6. The molecule has 4 heteroatoms. The Kier molecular flexibility index (Phi) is 5.65. The Labute approximate surface area is 273 Å². The van der Waals surface area contributed by atoms with E-state index in [0.717, 1.165) is 27.6 Å². The third-order valence-electron chi connectivity index (χ3n) is 9.07. The largest absolute Gasteiger partial charge is 0.456 e. The predicted octanol–water partition coefficient (Wildman–Crippen LogP) is 13.5. The van der Waals surface area contributed by atoms with Crippen molar-refractivity contribution >= 4 is 102 Å². The summed E-state index contributed by atoms with van der Waals surface area (Å²) in [4.78, 5) is 2.49. The smallest absolute Gasteiger partial charge is 0.137 e. The summed E-state index contributed by atoms with van der Waals surface area (Å²) in [6.45, 7) is 0. The lowest BCUT2D eigenvalue weighted by Crippen LogP contribution is -2.10. The Balaban J connectivity index is 1.35. The molecule has 0 aliphatic heterocycles. The van der Waals surface area contributed by atoms with Crippen LogP contribution in [-0.2, 0) is 0 Å². The SMILES string of the molecule is c1ccc(-c2cccc3c2sc2c(N(c4cccc5oc6ccccc6c45)c4cccc5sc6ccccc6c45)cccc23)cc1. The van der Waals surface area contributed by atoms with Crippen LogP contribution in [0.1, 0.15) is 0 Å². The lowest BCUT2D eigenvalue weighted by atomic mass is 10.0. The van der Waals surface area contributed by atoms with E-state index in [9.17, 15) is 0 Å². The molecule has 0 aliphatic rings. The van der Waals surface area contributed by atoms with Gasteiger partial charge in [0.2, 0.25) is 0 Å². The molecule has 0 aliphatic carbocycles. The highest BCUT2D eigenvalue weighted by Crippen LogP contribution is 2.51. The van der Waals surface area contributed by atoms with Gasteiger partial charge in [0.05, 0.1) is 27.1 Å². The van der Waals surface area contributed by atoms with Crippen LogP contribution in [0.15, 0.2) is 156 Å². The molecule has 10 aromatic rings. The van der Waals surface area contributed by atoms with E-state index >= 15 is 0 Å². The maximum Gasteiger partial charge on any atom is 0.137 e. The molecule has 0 amide bonds. The summed E-state index contributed by atoms with van der Waals surface area (Å²) in [5.74, 6) is 0. The van der Waals surface area contributed by atoms with Gasteiger partial charge in [-0.2, -0.15) is 0 Å². The number of rotatable bonds is 4. The minimum atomic E-state index is 0.890. The quantitative estimate of drug-likeness (QED) is 0.194. The van der Waals surface area contributed by atoms with E-state index in [4.69, 9.17) is 4.42 Å². The molecular weight excluding hydrogens is 599 g/mol. The highest BCUT2D eigenvalue weighted by atomic mass is 32.1. The Morgan fingerprint density at radius 2 is 1.00 bits per heavy atom. The first kappa shape index (κ1) is 25.9. The summed E-state index contributed by atoms with van der Waals surface area (Å²) in [6, 6.07) is 54.6. The van der Waals surface area contributed by atoms with E-state index in [-0.39, 0.29) is 0 Å². The van der Waals surface area contributed by atoms with Gasteiger partial charge in [-0.3, -0.25) is 0 Å². The van der Waals surface area contributed by atoms with Crippen LogP contribution in [0.3, 0.4) is 0 Å². The summed E-state index contributed by atoms with van der Waals surface area (Å²) < 4.78 is 11.6. The number of fused-ring (bicyclic) bond motifs is 9. The molecule has 3 aromatic heterocycles. The number of thiophene rings is 2. The minimum absolute atomic E-state index is 0.890. The molecule has 2 nitrogen and oxygen atoms in total. The van der Waals surface area contributed by atoms with E-state index in [1.54, 1.807) is 0 Å². The number of hydrogen-bond donors (Lipinski definition) is 0. The maximum absolute atomic E-state index is 6.44. The van der Waals surface area contributed by atoms with Crippen LogP contribution in [-0.4, -0.2) is 0 Å². The lowest BCUT2D eigenvalue weighted by molar-refractivity contribution is 0.669. The Bertz CT molecular complexity index is 2650. The van der Waals surface area contributed by atoms with Gasteiger partial charge in [-0.05, 0) is 53.6 Å². The molecule has 0 saturated heterocycles. The standard InChI is InChI=1S/C42H25NOS2/c1-2-12-26(13-3-1)27-16-8-17-28-29-18-9-21-34(42(29)46-41(27)28)43(32-19-10-23-36-39(32)30-14-4-6-22-35(30)44-36)33-20-11-25-38-40(33)31-15-5-7-24-37(31)45-38/h1-25H. The number of nitrogens with zero attached hydrogens (tertiary/aromatic N) is 1. The molecule has 0 N–H and O–H groups in total. The minimum Gasteiger partial charge on any atom is -0.456 e. The van der Waals surface area contributed by atoms with Gasteiger partial charge in [0.25, 0.3) is 0 Å². The first-order chi connectivity index (χ1) is 22.8. The van der Waals surface area contributed by atoms with Crippen molar-refractivity contribution in [1.82, 2.24) is 0 Å². The zero-order chi connectivity index (χ0) is 30.2. The van der Waals surface area contributed by atoms with E-state index in [1.807, 2.05) is 28.7 Å². The average Bonchev–Trinajstić information content (AvgIpc) is 3.81. The second kappa shape index (κ2) is 10.0. The van der Waals surface area contributed by atoms with E-state index < -0.39 is 0 Å². The number of hydrogen-bond acceptors (Lipinski definition) is 4. The van der Waals surface area contributed by atoms with Gasteiger partial charge >= 0.3 is 0 Å². The molecule has 0 saturated carbocycles. The average molecular weight is 624 g/mol. The molecule has 0 bridgehead atoms. The number of furan rings is 1. The van der Waals surface area contributed by atoms with E-state index in [2.05, 4.69) is 150 Å². The molecule has 46 heavy (non-hydrogen) atoms. The monoisotopic (exact) mass is 623 g/mol. The van der Waals surface area contributed by atoms with Crippen LogP contribution >= 0.6 is 22.7 Å². The van der Waals surface area contributed by atoms with Crippen LogP contribution in [0.25, 0.3) is 73.4 Å². The molecule has 7 aromatic carbocycles. The van der Waals surface area contributed by atoms with Crippen molar-refractivity contribution in [2.45, 2.75) is 0 Å². The molecule has 0 unspecified atom stereocenters. The maximum atomic E-state index is 6.44. The zero-order valence-electron chi connectivity index (χ0n) is 24.6. The van der Waals surface area contributed by atoms with E-state index in [1.165, 1.54) is 62.8 Å². The van der Waals surface area contributed by atoms with Gasteiger partial charge in [0.15, 0.2) is 0 Å². The first-order valence-electron chi connectivity index (χ1n) is 15.4. The predicted molar refractivity (Wildman–Crippen MR) is 200 cm³/mol. The van der Waals surface area contributed by atoms with Gasteiger partial charge in [0.1, 0.15) is 11.2 Å². The zero-order valence-corrected chi connectivity index (χ0v) is 26.2. The highest BCUT2D eigenvalue weighted by Gasteiger charge is 2.25. The van der Waals surface area contributed by atoms with Gasteiger partial charge in [0, 0.05) is 41.0 Å². The fourth-order valence-electron chi connectivity index (χ4n) is 7.10. The summed E-state index contributed by atoms with van der Waals surface area (Å²) in [6.07, 6.45) is 0. The molecule has 0 spiro atoms. The topological polar surface area (TPSA) is 16.4 Å². The Morgan fingerprint density at radius 3 is 1.89 bits per heavy atom. The summed E-state index contributed by atoms with van der Waals surface area (Å²) in [5.41, 5.74) is 7.74. The molecule has 0 fully saturated rings. The van der Waals surface area contributed by atoms with Gasteiger partial charge in [-0.1, -0.05) is 109 Å². The van der Waals surface area contributed by atoms with Crippen molar-refractivity contribution in [2.24, 2.45) is 0 Å². The van der Waals surface area contributed by atoms with E-state index in [0.29, 0.717) is 0 Å². The van der Waals surface area contributed by atoms with Crippen LogP contribution in [0.4, 0.5) is 17.1 Å². The third-order valence-corrected chi connectivity index (χ3v) is 11.5. The van der Waals surface area contributed by atoms with Crippen molar-refractivity contribution in [3.63, 3.8) is 0 Å². The summed E-state index contributed by atoms with van der Waals surface area (Å²) in [5, 5.41) is 7.35. The molecule has 216 valence electrons. The van der Waals surface area contributed by atoms with Crippen molar-refractivity contribution in [3.05, 3.63) is 152 Å². The third kappa shape index (κ3) is 3.75. The van der Waals surface area contributed by atoms with Crippen molar-refractivity contribution in [2.75, 3.05) is 4.90 Å². The fourth-order valence-corrected chi connectivity index (χ4v) is 9.57.